The van der Waals surface area contributed by atoms with Crippen LogP contribution in [-0.2, 0) is 4.79 Å². The fourth-order valence-electron chi connectivity index (χ4n) is 3.72. The number of amides is 1. The summed E-state index contributed by atoms with van der Waals surface area (Å²) in [5.74, 6) is 1.19. The second-order valence-corrected chi connectivity index (χ2v) is 6.98. The Morgan fingerprint density at radius 1 is 1.12 bits per heavy atom. The summed E-state index contributed by atoms with van der Waals surface area (Å²) in [6, 6.07) is 13.9. The number of benzene rings is 2. The predicted molar refractivity (Wildman–Crippen MR) is 98.8 cm³/mol. The Morgan fingerprint density at radius 2 is 1.92 bits per heavy atom. The molecular formula is C21H23NO3. The van der Waals surface area contributed by atoms with Crippen molar-refractivity contribution in [2.45, 2.75) is 38.6 Å². The monoisotopic (exact) mass is 337 g/mol. The largest absolute Gasteiger partial charge is 0.484 e. The van der Waals surface area contributed by atoms with E-state index >= 15 is 0 Å². The molecule has 0 aliphatic heterocycles. The van der Waals surface area contributed by atoms with E-state index in [4.69, 9.17) is 9.15 Å². The van der Waals surface area contributed by atoms with E-state index in [0.717, 1.165) is 28.4 Å². The summed E-state index contributed by atoms with van der Waals surface area (Å²) < 4.78 is 11.5. The number of furan rings is 1. The topological polar surface area (TPSA) is 51.5 Å². The van der Waals surface area contributed by atoms with Crippen molar-refractivity contribution >= 4 is 27.8 Å². The first-order valence-corrected chi connectivity index (χ1v) is 9.04. The molecule has 130 valence electrons. The van der Waals surface area contributed by atoms with Gasteiger partial charge >= 0.3 is 0 Å². The Hall–Kier alpha value is -2.49. The molecule has 4 heteroatoms. The first kappa shape index (κ1) is 16.0. The molecule has 1 aliphatic rings. The minimum absolute atomic E-state index is 0.0455. The number of carbonyl (C=O) groups is 1. The normalized spacial score (nSPS) is 20.7. The molecule has 1 N–H and O–H groups in total. The highest BCUT2D eigenvalue weighted by Gasteiger charge is 2.22. The van der Waals surface area contributed by atoms with Crippen molar-refractivity contribution in [3.63, 3.8) is 0 Å². The third kappa shape index (κ3) is 3.34. The van der Waals surface area contributed by atoms with Crippen molar-refractivity contribution in [1.82, 2.24) is 5.32 Å². The second-order valence-electron chi connectivity index (χ2n) is 6.98. The maximum absolute atomic E-state index is 12.2. The van der Waals surface area contributed by atoms with Crippen LogP contribution in [0.2, 0.25) is 0 Å². The molecule has 4 nitrogen and oxygen atoms in total. The van der Waals surface area contributed by atoms with Crippen LogP contribution in [0.15, 0.2) is 46.9 Å². The number of rotatable bonds is 4. The average molecular weight is 337 g/mol. The predicted octanol–water partition coefficient (Wildman–Crippen LogP) is 4.66. The van der Waals surface area contributed by atoms with Crippen LogP contribution in [0.5, 0.6) is 5.75 Å². The first-order chi connectivity index (χ1) is 12.2. The molecule has 0 saturated heterocycles. The Balaban J connectivity index is 1.43. The fourth-order valence-corrected chi connectivity index (χ4v) is 3.72. The molecular weight excluding hydrogens is 314 g/mol. The summed E-state index contributed by atoms with van der Waals surface area (Å²) in [5.41, 5.74) is 1.69. The molecule has 0 bridgehead atoms. The SMILES string of the molecule is C[C@H]1CCCC[C@H]1NC(=O)COc1ccc2oc3ccccc3c2c1. The maximum atomic E-state index is 12.2. The van der Waals surface area contributed by atoms with Crippen LogP contribution >= 0.6 is 0 Å². The van der Waals surface area contributed by atoms with Gasteiger partial charge in [-0.05, 0) is 43.0 Å². The summed E-state index contributed by atoms with van der Waals surface area (Å²) in [4.78, 5) is 12.2. The van der Waals surface area contributed by atoms with Crippen LogP contribution in [0.1, 0.15) is 32.6 Å². The summed E-state index contributed by atoms with van der Waals surface area (Å²) >= 11 is 0. The lowest BCUT2D eigenvalue weighted by molar-refractivity contribution is -0.124. The van der Waals surface area contributed by atoms with Gasteiger partial charge in [0.2, 0.25) is 0 Å². The number of ether oxygens (including phenoxy) is 1. The van der Waals surface area contributed by atoms with Crippen molar-refractivity contribution in [3.8, 4) is 5.75 Å². The Bertz CT molecular complexity index is 898. The third-order valence-corrected chi connectivity index (χ3v) is 5.18. The van der Waals surface area contributed by atoms with E-state index < -0.39 is 0 Å². The van der Waals surface area contributed by atoms with Crippen molar-refractivity contribution in [2.75, 3.05) is 6.61 Å². The highest BCUT2D eigenvalue weighted by Crippen LogP contribution is 2.31. The zero-order valence-electron chi connectivity index (χ0n) is 14.5. The maximum Gasteiger partial charge on any atom is 0.258 e. The van der Waals surface area contributed by atoms with Gasteiger partial charge in [0.15, 0.2) is 6.61 Å². The summed E-state index contributed by atoms with van der Waals surface area (Å²) in [6.07, 6.45) is 4.72. The molecule has 0 spiro atoms. The van der Waals surface area contributed by atoms with Gasteiger partial charge < -0.3 is 14.5 Å². The van der Waals surface area contributed by atoms with Gasteiger partial charge in [0.25, 0.3) is 5.91 Å². The van der Waals surface area contributed by atoms with Gasteiger partial charge in [-0.1, -0.05) is 38.0 Å². The van der Waals surface area contributed by atoms with Gasteiger partial charge in [-0.3, -0.25) is 4.79 Å². The molecule has 0 radical (unpaired) electrons. The quantitative estimate of drug-likeness (QED) is 0.753. The molecule has 2 atom stereocenters. The Labute approximate surface area is 147 Å². The van der Waals surface area contributed by atoms with E-state index in [2.05, 4.69) is 12.2 Å². The van der Waals surface area contributed by atoms with Crippen LogP contribution in [0.25, 0.3) is 21.9 Å². The summed E-state index contributed by atoms with van der Waals surface area (Å²) in [5, 5.41) is 5.19. The highest BCUT2D eigenvalue weighted by molar-refractivity contribution is 6.05. The van der Waals surface area contributed by atoms with Crippen LogP contribution in [0, 0.1) is 5.92 Å². The van der Waals surface area contributed by atoms with Crippen LogP contribution in [-0.4, -0.2) is 18.6 Å². The van der Waals surface area contributed by atoms with E-state index in [1.807, 2.05) is 42.5 Å². The Morgan fingerprint density at radius 3 is 2.80 bits per heavy atom. The van der Waals surface area contributed by atoms with Gasteiger partial charge in [-0.2, -0.15) is 0 Å². The smallest absolute Gasteiger partial charge is 0.258 e. The lowest BCUT2D eigenvalue weighted by Crippen LogP contribution is -2.43. The van der Waals surface area contributed by atoms with Crippen molar-refractivity contribution < 1.29 is 13.9 Å². The van der Waals surface area contributed by atoms with E-state index in [9.17, 15) is 4.79 Å². The molecule has 2 aromatic carbocycles. The van der Waals surface area contributed by atoms with Crippen molar-refractivity contribution in [2.24, 2.45) is 5.92 Å². The van der Waals surface area contributed by atoms with Gasteiger partial charge in [-0.25, -0.2) is 0 Å². The number of hydrogen-bond acceptors (Lipinski definition) is 3. The summed E-state index contributed by atoms with van der Waals surface area (Å²) in [6.45, 7) is 2.26. The van der Waals surface area contributed by atoms with E-state index in [-0.39, 0.29) is 18.6 Å². The number of para-hydroxylation sites is 1. The molecule has 1 fully saturated rings. The first-order valence-electron chi connectivity index (χ1n) is 9.04. The molecule has 4 rings (SSSR count). The molecule has 0 unspecified atom stereocenters. The standard InChI is InChI=1S/C21H23NO3/c1-14-6-2-4-8-18(14)22-21(23)13-24-15-10-11-20-17(12-15)16-7-3-5-9-19(16)25-20/h3,5,7,9-12,14,18H,2,4,6,8,13H2,1H3,(H,22,23)/t14-,18+/m0/s1. The Kier molecular flexibility index (Phi) is 4.35. The molecule has 1 saturated carbocycles. The number of nitrogens with one attached hydrogen (secondary N) is 1. The van der Waals surface area contributed by atoms with Crippen molar-refractivity contribution in [3.05, 3.63) is 42.5 Å². The second kappa shape index (κ2) is 6.79. The number of fused-ring (bicyclic) bond motifs is 3. The third-order valence-electron chi connectivity index (χ3n) is 5.18. The lowest BCUT2D eigenvalue weighted by Gasteiger charge is -2.29. The van der Waals surface area contributed by atoms with Crippen LogP contribution < -0.4 is 10.1 Å². The summed E-state index contributed by atoms with van der Waals surface area (Å²) in [7, 11) is 0. The molecule has 1 aromatic heterocycles. The fraction of sp³-hybridized carbons (Fsp3) is 0.381. The van der Waals surface area contributed by atoms with Crippen molar-refractivity contribution in [1.29, 1.82) is 0 Å². The highest BCUT2D eigenvalue weighted by atomic mass is 16.5. The molecule has 1 heterocycles. The van der Waals surface area contributed by atoms with E-state index in [1.54, 1.807) is 0 Å². The van der Waals surface area contributed by atoms with E-state index in [0.29, 0.717) is 11.7 Å². The molecule has 25 heavy (non-hydrogen) atoms. The molecule has 1 aliphatic carbocycles. The molecule has 3 aromatic rings. The van der Waals surface area contributed by atoms with E-state index in [1.165, 1.54) is 19.3 Å². The van der Waals surface area contributed by atoms with Crippen LogP contribution in [0.3, 0.4) is 0 Å². The minimum atomic E-state index is -0.0455. The van der Waals surface area contributed by atoms with Gasteiger partial charge in [0.05, 0.1) is 0 Å². The van der Waals surface area contributed by atoms with Crippen LogP contribution in [0.4, 0.5) is 0 Å². The van der Waals surface area contributed by atoms with Gasteiger partial charge in [0, 0.05) is 16.8 Å². The lowest BCUT2D eigenvalue weighted by atomic mass is 9.86. The zero-order chi connectivity index (χ0) is 17.2. The number of hydrogen-bond donors (Lipinski definition) is 1. The van der Waals surface area contributed by atoms with Gasteiger partial charge in [0.1, 0.15) is 16.9 Å². The number of carbonyl (C=O) groups excluding carboxylic acids is 1. The molecule has 1 amide bonds. The minimum Gasteiger partial charge on any atom is -0.484 e. The zero-order valence-corrected chi connectivity index (χ0v) is 14.5. The average Bonchev–Trinajstić information content (AvgIpc) is 3.00. The van der Waals surface area contributed by atoms with Gasteiger partial charge in [-0.15, -0.1) is 0 Å².